The molecule has 1 aliphatic rings. The van der Waals surface area contributed by atoms with Crippen molar-refractivity contribution in [1.29, 1.82) is 0 Å². The SMILES string of the molecule is O=C(Nc1ccc(C(=O)N2CCN(c3nnnn3-c3ccccc3)CC2)cc1)c1ccco1. The number of amides is 2. The summed E-state index contributed by atoms with van der Waals surface area (Å²) in [6.45, 7) is 2.35. The fraction of sp³-hybridized carbons (Fsp3) is 0.174. The molecule has 4 aromatic rings. The summed E-state index contributed by atoms with van der Waals surface area (Å²) in [4.78, 5) is 28.9. The Morgan fingerprint density at radius 2 is 1.64 bits per heavy atom. The molecule has 0 bridgehead atoms. The number of aromatic nitrogens is 4. The fourth-order valence-corrected chi connectivity index (χ4v) is 3.70. The van der Waals surface area contributed by atoms with E-state index in [-0.39, 0.29) is 17.6 Å². The predicted molar refractivity (Wildman–Crippen MR) is 120 cm³/mol. The average molecular weight is 443 g/mol. The van der Waals surface area contributed by atoms with E-state index in [0.29, 0.717) is 43.4 Å². The van der Waals surface area contributed by atoms with Gasteiger partial charge in [-0.3, -0.25) is 9.59 Å². The van der Waals surface area contributed by atoms with Crippen molar-refractivity contribution in [2.45, 2.75) is 0 Å². The second-order valence-electron chi connectivity index (χ2n) is 7.51. The van der Waals surface area contributed by atoms with Crippen molar-refractivity contribution in [3.8, 4) is 5.69 Å². The lowest BCUT2D eigenvalue weighted by Crippen LogP contribution is -2.49. The van der Waals surface area contributed by atoms with Crippen LogP contribution in [0.3, 0.4) is 0 Å². The number of piperazine rings is 1. The van der Waals surface area contributed by atoms with Crippen LogP contribution in [0.5, 0.6) is 0 Å². The molecule has 1 N–H and O–H groups in total. The monoisotopic (exact) mass is 443 g/mol. The van der Waals surface area contributed by atoms with Gasteiger partial charge in [0.2, 0.25) is 5.95 Å². The van der Waals surface area contributed by atoms with Crippen LogP contribution < -0.4 is 10.2 Å². The fourth-order valence-electron chi connectivity index (χ4n) is 3.70. The van der Waals surface area contributed by atoms with Crippen molar-refractivity contribution in [2.75, 3.05) is 36.4 Å². The van der Waals surface area contributed by atoms with E-state index in [2.05, 4.69) is 25.7 Å². The normalized spacial score (nSPS) is 13.7. The van der Waals surface area contributed by atoms with Crippen molar-refractivity contribution in [3.05, 3.63) is 84.3 Å². The Balaban J connectivity index is 1.20. The van der Waals surface area contributed by atoms with Gasteiger partial charge in [-0.1, -0.05) is 23.3 Å². The van der Waals surface area contributed by atoms with Crippen LogP contribution in [-0.4, -0.2) is 63.1 Å². The number of anilines is 2. The minimum atomic E-state index is -0.340. The summed E-state index contributed by atoms with van der Waals surface area (Å²) < 4.78 is 6.79. The largest absolute Gasteiger partial charge is 0.459 e. The lowest BCUT2D eigenvalue weighted by molar-refractivity contribution is 0.0746. The minimum absolute atomic E-state index is 0.0544. The van der Waals surface area contributed by atoms with Gasteiger partial charge in [-0.15, -0.1) is 0 Å². The van der Waals surface area contributed by atoms with E-state index in [9.17, 15) is 9.59 Å². The van der Waals surface area contributed by atoms with Crippen molar-refractivity contribution >= 4 is 23.5 Å². The van der Waals surface area contributed by atoms with Gasteiger partial charge in [-0.25, -0.2) is 0 Å². The Bertz CT molecular complexity index is 1230. The first-order valence-electron chi connectivity index (χ1n) is 10.5. The molecule has 5 rings (SSSR count). The van der Waals surface area contributed by atoms with Gasteiger partial charge in [0.05, 0.1) is 12.0 Å². The molecule has 0 radical (unpaired) electrons. The second-order valence-corrected chi connectivity index (χ2v) is 7.51. The number of benzene rings is 2. The van der Waals surface area contributed by atoms with Crippen LogP contribution in [0.2, 0.25) is 0 Å². The van der Waals surface area contributed by atoms with E-state index in [1.807, 2.05) is 35.2 Å². The Hall–Kier alpha value is -4.47. The molecule has 166 valence electrons. The van der Waals surface area contributed by atoms with Crippen LogP contribution in [0.1, 0.15) is 20.9 Å². The maximum Gasteiger partial charge on any atom is 0.291 e. The highest BCUT2D eigenvalue weighted by Gasteiger charge is 2.25. The molecule has 2 amide bonds. The van der Waals surface area contributed by atoms with E-state index in [0.717, 1.165) is 5.69 Å². The molecule has 0 saturated carbocycles. The molecule has 0 aliphatic carbocycles. The number of para-hydroxylation sites is 1. The molecule has 3 heterocycles. The molecular weight excluding hydrogens is 422 g/mol. The number of hydrogen-bond acceptors (Lipinski definition) is 7. The van der Waals surface area contributed by atoms with E-state index < -0.39 is 0 Å². The Kier molecular flexibility index (Phi) is 5.54. The van der Waals surface area contributed by atoms with Crippen LogP contribution in [-0.2, 0) is 0 Å². The van der Waals surface area contributed by atoms with Gasteiger partial charge in [-0.05, 0) is 59.0 Å². The zero-order valence-corrected chi connectivity index (χ0v) is 17.7. The highest BCUT2D eigenvalue weighted by Crippen LogP contribution is 2.19. The first-order valence-corrected chi connectivity index (χ1v) is 10.5. The van der Waals surface area contributed by atoms with Crippen LogP contribution in [0, 0.1) is 0 Å². The van der Waals surface area contributed by atoms with Crippen molar-refractivity contribution in [1.82, 2.24) is 25.1 Å². The summed E-state index contributed by atoms with van der Waals surface area (Å²) in [6.07, 6.45) is 1.44. The lowest BCUT2D eigenvalue weighted by Gasteiger charge is -2.34. The van der Waals surface area contributed by atoms with E-state index in [4.69, 9.17) is 4.42 Å². The van der Waals surface area contributed by atoms with Gasteiger partial charge >= 0.3 is 0 Å². The molecule has 1 fully saturated rings. The molecule has 10 heteroatoms. The topological polar surface area (TPSA) is 109 Å². The predicted octanol–water partition coefficient (Wildman–Crippen LogP) is 2.47. The third-order valence-electron chi connectivity index (χ3n) is 5.44. The summed E-state index contributed by atoms with van der Waals surface area (Å²) in [5.41, 5.74) is 2.04. The lowest BCUT2D eigenvalue weighted by atomic mass is 10.1. The molecule has 2 aromatic heterocycles. The van der Waals surface area contributed by atoms with Crippen molar-refractivity contribution in [3.63, 3.8) is 0 Å². The Labute approximate surface area is 189 Å². The third-order valence-corrected chi connectivity index (χ3v) is 5.44. The Morgan fingerprint density at radius 3 is 2.33 bits per heavy atom. The van der Waals surface area contributed by atoms with Gasteiger partial charge in [0.1, 0.15) is 0 Å². The second kappa shape index (κ2) is 8.95. The molecule has 0 spiro atoms. The molecule has 33 heavy (non-hydrogen) atoms. The summed E-state index contributed by atoms with van der Waals surface area (Å²) in [5, 5.41) is 14.9. The number of tetrazole rings is 1. The number of hydrogen-bond donors (Lipinski definition) is 1. The van der Waals surface area contributed by atoms with E-state index in [1.165, 1.54) is 6.26 Å². The minimum Gasteiger partial charge on any atom is -0.459 e. The maximum absolute atomic E-state index is 13.0. The zero-order valence-electron chi connectivity index (χ0n) is 17.7. The van der Waals surface area contributed by atoms with Gasteiger partial charge < -0.3 is 19.5 Å². The number of carbonyl (C=O) groups excluding carboxylic acids is 2. The van der Waals surface area contributed by atoms with Crippen LogP contribution in [0.25, 0.3) is 5.69 Å². The molecule has 1 aliphatic heterocycles. The van der Waals surface area contributed by atoms with Gasteiger partial charge in [0.15, 0.2) is 5.76 Å². The summed E-state index contributed by atoms with van der Waals surface area (Å²) >= 11 is 0. The summed E-state index contributed by atoms with van der Waals surface area (Å²) in [6, 6.07) is 19.8. The molecule has 1 saturated heterocycles. The quantitative estimate of drug-likeness (QED) is 0.505. The summed E-state index contributed by atoms with van der Waals surface area (Å²) in [7, 11) is 0. The highest BCUT2D eigenvalue weighted by atomic mass is 16.3. The number of nitrogens with zero attached hydrogens (tertiary/aromatic N) is 6. The number of furan rings is 1. The van der Waals surface area contributed by atoms with Gasteiger partial charge in [0.25, 0.3) is 11.8 Å². The van der Waals surface area contributed by atoms with Crippen molar-refractivity contribution < 1.29 is 14.0 Å². The highest BCUT2D eigenvalue weighted by molar-refractivity contribution is 6.02. The number of rotatable bonds is 5. The van der Waals surface area contributed by atoms with E-state index >= 15 is 0 Å². The molecule has 10 nitrogen and oxygen atoms in total. The maximum atomic E-state index is 13.0. The van der Waals surface area contributed by atoms with Crippen LogP contribution >= 0.6 is 0 Å². The van der Waals surface area contributed by atoms with Gasteiger partial charge in [0, 0.05) is 37.4 Å². The number of nitrogens with one attached hydrogen (secondary N) is 1. The molecule has 0 unspecified atom stereocenters. The van der Waals surface area contributed by atoms with Gasteiger partial charge in [-0.2, -0.15) is 4.68 Å². The standard InChI is InChI=1S/C23H21N7O3/c31-21(20-7-4-16-33-20)24-18-10-8-17(9-11-18)22(32)28-12-14-29(15-13-28)23-25-26-27-30(23)19-5-2-1-3-6-19/h1-11,16H,12-15H2,(H,24,31). The zero-order chi connectivity index (χ0) is 22.6. The van der Waals surface area contributed by atoms with Crippen LogP contribution in [0.15, 0.2) is 77.4 Å². The number of carbonyl (C=O) groups is 2. The molecule has 2 aromatic carbocycles. The average Bonchev–Trinajstić information content (AvgIpc) is 3.58. The first kappa shape index (κ1) is 20.4. The van der Waals surface area contributed by atoms with Crippen LogP contribution in [0.4, 0.5) is 11.6 Å². The molecular formula is C23H21N7O3. The smallest absolute Gasteiger partial charge is 0.291 e. The Morgan fingerprint density at radius 1 is 0.879 bits per heavy atom. The van der Waals surface area contributed by atoms with E-state index in [1.54, 1.807) is 41.1 Å². The molecule has 0 atom stereocenters. The first-order chi connectivity index (χ1) is 16.2. The van der Waals surface area contributed by atoms with Crippen molar-refractivity contribution in [2.24, 2.45) is 0 Å². The third kappa shape index (κ3) is 4.31. The summed E-state index contributed by atoms with van der Waals surface area (Å²) in [5.74, 6) is 0.491.